The Bertz CT molecular complexity index is 884. The number of hydrogen-bond donors (Lipinski definition) is 3. The molecule has 2 aromatic rings. The molecule has 0 saturated carbocycles. The molecule has 1 aliphatic rings. The number of nitrogens with one attached hydrogen (secondary N) is 1. The molecule has 0 amide bonds. The predicted molar refractivity (Wildman–Crippen MR) is 103 cm³/mol. The van der Waals surface area contributed by atoms with Crippen molar-refractivity contribution < 1.29 is 24.4 Å². The quantitative estimate of drug-likeness (QED) is 0.615. The van der Waals surface area contributed by atoms with Crippen molar-refractivity contribution in [1.29, 1.82) is 0 Å². The number of piperidine rings is 1. The Hall–Kier alpha value is -2.36. The minimum absolute atomic E-state index is 0.0728. The molecule has 1 saturated heterocycles. The van der Waals surface area contributed by atoms with E-state index in [0.717, 1.165) is 13.0 Å². The Morgan fingerprint density at radius 3 is 2.68 bits per heavy atom. The lowest BCUT2D eigenvalue weighted by Gasteiger charge is -2.30. The Morgan fingerprint density at radius 2 is 2.04 bits per heavy atom. The Kier molecular flexibility index (Phi) is 6.38. The van der Waals surface area contributed by atoms with Gasteiger partial charge in [0.05, 0.1) is 51.8 Å². The van der Waals surface area contributed by atoms with E-state index >= 15 is 0 Å². The molecule has 9 heteroatoms. The monoisotopic (exact) mass is 393 g/mol. The number of aromatic nitrogens is 2. The molecular weight excluding hydrogens is 366 g/mol. The van der Waals surface area contributed by atoms with Crippen LogP contribution in [-0.4, -0.2) is 65.9 Å². The van der Waals surface area contributed by atoms with Gasteiger partial charge in [0.2, 0.25) is 5.75 Å². The van der Waals surface area contributed by atoms with Crippen LogP contribution in [0.4, 0.5) is 0 Å². The van der Waals surface area contributed by atoms with Crippen molar-refractivity contribution >= 4 is 10.9 Å². The summed E-state index contributed by atoms with van der Waals surface area (Å²) in [7, 11) is 4.43. The van der Waals surface area contributed by atoms with Crippen molar-refractivity contribution in [2.75, 3.05) is 27.9 Å². The number of hydrogen-bond acceptors (Lipinski definition) is 8. The summed E-state index contributed by atoms with van der Waals surface area (Å²) in [6.45, 7) is 0.886. The van der Waals surface area contributed by atoms with Crippen LogP contribution < -0.4 is 25.1 Å². The highest BCUT2D eigenvalue weighted by atomic mass is 16.5. The van der Waals surface area contributed by atoms with Gasteiger partial charge in [0.15, 0.2) is 11.5 Å². The third kappa shape index (κ3) is 3.91. The summed E-state index contributed by atoms with van der Waals surface area (Å²) >= 11 is 0. The van der Waals surface area contributed by atoms with Crippen molar-refractivity contribution in [3.63, 3.8) is 0 Å². The first-order valence-electron chi connectivity index (χ1n) is 9.27. The molecule has 2 heterocycles. The summed E-state index contributed by atoms with van der Waals surface area (Å²) in [6, 6.07) is 1.37. The topological polar surface area (TPSA) is 115 Å². The van der Waals surface area contributed by atoms with Crippen LogP contribution in [0.15, 0.2) is 17.2 Å². The Labute approximate surface area is 162 Å². The van der Waals surface area contributed by atoms with Gasteiger partial charge in [-0.15, -0.1) is 0 Å². The summed E-state index contributed by atoms with van der Waals surface area (Å²) in [5.74, 6) is 1.04. The number of aliphatic hydroxyl groups excluding tert-OH is 2. The van der Waals surface area contributed by atoms with Crippen molar-refractivity contribution in [3.05, 3.63) is 22.7 Å². The Balaban J connectivity index is 1.90. The maximum Gasteiger partial charge on any atom is 0.261 e. The molecule has 0 unspecified atom stereocenters. The lowest BCUT2D eigenvalue weighted by atomic mass is 9.96. The van der Waals surface area contributed by atoms with Gasteiger partial charge in [0, 0.05) is 6.04 Å². The molecule has 1 fully saturated rings. The molecule has 3 N–H and O–H groups in total. The third-order valence-electron chi connectivity index (χ3n) is 5.10. The summed E-state index contributed by atoms with van der Waals surface area (Å²) in [4.78, 5) is 17.3. The van der Waals surface area contributed by atoms with Gasteiger partial charge in [-0.25, -0.2) is 4.98 Å². The molecule has 9 nitrogen and oxygen atoms in total. The Morgan fingerprint density at radius 1 is 1.29 bits per heavy atom. The number of nitrogens with zero attached hydrogens (tertiary/aromatic N) is 2. The lowest BCUT2D eigenvalue weighted by molar-refractivity contribution is 0.0539. The fourth-order valence-electron chi connectivity index (χ4n) is 3.67. The van der Waals surface area contributed by atoms with E-state index in [-0.39, 0.29) is 18.1 Å². The van der Waals surface area contributed by atoms with E-state index in [9.17, 15) is 15.0 Å². The molecule has 3 atom stereocenters. The second kappa shape index (κ2) is 8.76. The highest BCUT2D eigenvalue weighted by molar-refractivity contribution is 5.89. The minimum atomic E-state index is -0.802. The molecule has 1 aromatic carbocycles. The molecule has 28 heavy (non-hydrogen) atoms. The molecular formula is C19H27N3O6. The van der Waals surface area contributed by atoms with E-state index < -0.39 is 12.2 Å². The van der Waals surface area contributed by atoms with Crippen LogP contribution in [0.25, 0.3) is 10.9 Å². The summed E-state index contributed by atoms with van der Waals surface area (Å²) in [5.41, 5.74) is 0.0423. The SMILES string of the molecule is COc1cc2c(=O)n(C[C@@H](O)C[C@H]3NCCC[C@@H]3O)cnc2c(OC)c1OC. The second-order valence-corrected chi connectivity index (χ2v) is 6.90. The van der Waals surface area contributed by atoms with Gasteiger partial charge in [-0.05, 0) is 31.9 Å². The standard InChI is InChI=1S/C19H27N3O6/c1-26-15-8-12-16(18(28-3)17(15)27-2)21-10-22(19(12)25)9-11(23)7-13-14(24)5-4-6-20-13/h8,10-11,13-14,20,23-24H,4-7,9H2,1-3H3/t11-,13+,14-/m0/s1. The highest BCUT2D eigenvalue weighted by Crippen LogP contribution is 2.41. The zero-order chi connectivity index (χ0) is 20.3. The van der Waals surface area contributed by atoms with Crippen LogP contribution in [0.5, 0.6) is 17.2 Å². The number of methoxy groups -OCH3 is 3. The van der Waals surface area contributed by atoms with Gasteiger partial charge in [-0.3, -0.25) is 9.36 Å². The maximum atomic E-state index is 13.0. The zero-order valence-electron chi connectivity index (χ0n) is 16.3. The van der Waals surface area contributed by atoms with E-state index in [1.807, 2.05) is 0 Å². The first-order valence-corrected chi connectivity index (χ1v) is 9.27. The van der Waals surface area contributed by atoms with E-state index in [4.69, 9.17) is 14.2 Å². The van der Waals surface area contributed by atoms with E-state index in [1.165, 1.54) is 32.2 Å². The van der Waals surface area contributed by atoms with Crippen molar-refractivity contribution in [3.8, 4) is 17.2 Å². The van der Waals surface area contributed by atoms with Crippen LogP contribution >= 0.6 is 0 Å². The largest absolute Gasteiger partial charge is 0.493 e. The van der Waals surface area contributed by atoms with Gasteiger partial charge in [-0.1, -0.05) is 0 Å². The number of fused-ring (bicyclic) bond motifs is 1. The summed E-state index contributed by atoms with van der Waals surface area (Å²) in [6.07, 6.45) is 2.06. The number of benzene rings is 1. The van der Waals surface area contributed by atoms with E-state index in [2.05, 4.69) is 10.3 Å². The van der Waals surface area contributed by atoms with Crippen LogP contribution in [0.2, 0.25) is 0 Å². The minimum Gasteiger partial charge on any atom is -0.493 e. The smallest absolute Gasteiger partial charge is 0.261 e. The van der Waals surface area contributed by atoms with Gasteiger partial charge in [0.25, 0.3) is 5.56 Å². The third-order valence-corrected chi connectivity index (χ3v) is 5.10. The normalized spacial score (nSPS) is 20.8. The molecule has 1 aromatic heterocycles. The fourth-order valence-corrected chi connectivity index (χ4v) is 3.67. The van der Waals surface area contributed by atoms with Crippen LogP contribution in [-0.2, 0) is 6.54 Å². The fraction of sp³-hybridized carbons (Fsp3) is 0.579. The second-order valence-electron chi connectivity index (χ2n) is 6.90. The van der Waals surface area contributed by atoms with E-state index in [1.54, 1.807) is 6.07 Å². The van der Waals surface area contributed by atoms with Gasteiger partial charge < -0.3 is 29.7 Å². The average molecular weight is 393 g/mol. The zero-order valence-corrected chi connectivity index (χ0v) is 16.3. The molecule has 0 aliphatic carbocycles. The van der Waals surface area contributed by atoms with Crippen LogP contribution in [0.1, 0.15) is 19.3 Å². The van der Waals surface area contributed by atoms with Gasteiger partial charge in [0.1, 0.15) is 5.52 Å². The summed E-state index contributed by atoms with van der Waals surface area (Å²) in [5, 5.41) is 24.0. The lowest BCUT2D eigenvalue weighted by Crippen LogP contribution is -2.47. The molecule has 1 aliphatic heterocycles. The van der Waals surface area contributed by atoms with E-state index in [0.29, 0.717) is 41.0 Å². The number of ether oxygens (including phenoxy) is 3. The van der Waals surface area contributed by atoms with Crippen LogP contribution in [0, 0.1) is 0 Å². The molecule has 0 bridgehead atoms. The molecule has 154 valence electrons. The number of aliphatic hydroxyl groups is 2. The van der Waals surface area contributed by atoms with Crippen molar-refractivity contribution in [2.45, 2.75) is 44.1 Å². The first-order chi connectivity index (χ1) is 13.5. The maximum absolute atomic E-state index is 13.0. The molecule has 3 rings (SSSR count). The number of rotatable bonds is 7. The van der Waals surface area contributed by atoms with Gasteiger partial charge >= 0.3 is 0 Å². The molecule has 0 spiro atoms. The summed E-state index contributed by atoms with van der Waals surface area (Å²) < 4.78 is 17.4. The van der Waals surface area contributed by atoms with Crippen molar-refractivity contribution in [2.24, 2.45) is 0 Å². The van der Waals surface area contributed by atoms with Crippen molar-refractivity contribution in [1.82, 2.24) is 14.9 Å². The van der Waals surface area contributed by atoms with Gasteiger partial charge in [-0.2, -0.15) is 0 Å². The average Bonchev–Trinajstić information content (AvgIpc) is 2.70. The predicted octanol–water partition coefficient (Wildman–Crippen LogP) is 0.286. The van der Waals surface area contributed by atoms with Crippen LogP contribution in [0.3, 0.4) is 0 Å². The highest BCUT2D eigenvalue weighted by Gasteiger charge is 2.26. The first kappa shape index (κ1) is 20.4. The molecule has 0 radical (unpaired) electrons.